The lowest BCUT2D eigenvalue weighted by molar-refractivity contribution is 0.0483. The summed E-state index contributed by atoms with van der Waals surface area (Å²) in [6.07, 6.45) is 0. The average molecular weight is 398 g/mol. The van der Waals surface area contributed by atoms with E-state index in [0.29, 0.717) is 18.7 Å². The van der Waals surface area contributed by atoms with Gasteiger partial charge in [-0.1, -0.05) is 0 Å². The molecule has 8 nitrogen and oxygen atoms in total. The molecule has 1 aliphatic rings. The van der Waals surface area contributed by atoms with Crippen LogP contribution < -0.4 is 0 Å². The fourth-order valence-corrected chi connectivity index (χ4v) is 4.56. The van der Waals surface area contributed by atoms with Gasteiger partial charge in [0.1, 0.15) is 0 Å². The number of carbonyl (C=O) groups is 2. The number of rotatable bonds is 5. The zero-order chi connectivity index (χ0) is 18.7. The summed E-state index contributed by atoms with van der Waals surface area (Å²) in [5.74, 6) is -0.970. The molecule has 2 aromatic heterocycles. The molecule has 1 amide bonds. The summed E-state index contributed by atoms with van der Waals surface area (Å²) in [6, 6.07) is 4.27. The van der Waals surface area contributed by atoms with Crippen molar-refractivity contribution in [1.82, 2.24) is 9.21 Å². The fraction of sp³-hybridized carbons (Fsp3) is 0.375. The second kappa shape index (κ2) is 7.60. The number of hydrogen-bond acceptors (Lipinski definition) is 7. The van der Waals surface area contributed by atoms with Gasteiger partial charge in [-0.2, -0.15) is 15.6 Å². The Balaban J connectivity index is 1.66. The number of sulfonamides is 1. The monoisotopic (exact) mass is 398 g/mol. The van der Waals surface area contributed by atoms with E-state index in [1.54, 1.807) is 23.3 Å². The number of furan rings is 1. The molecular formula is C16H18N2O6S2. The Morgan fingerprint density at radius 1 is 1.19 bits per heavy atom. The number of esters is 1. The standard InChI is InChI=1S/C16H18N2O6S2/c1-2-23-16(20)13-3-4-14(24-13)26(21,22)18-8-6-17(7-9-18)15(19)12-5-10-25-11-12/h3-5,10-11H,2,6-9H2,1H3. The van der Waals surface area contributed by atoms with Crippen molar-refractivity contribution < 1.29 is 27.2 Å². The molecular weight excluding hydrogens is 380 g/mol. The highest BCUT2D eigenvalue weighted by Gasteiger charge is 2.33. The molecule has 1 fully saturated rings. The van der Waals surface area contributed by atoms with E-state index in [2.05, 4.69) is 0 Å². The van der Waals surface area contributed by atoms with Crippen LogP contribution in [-0.4, -0.2) is 62.3 Å². The van der Waals surface area contributed by atoms with Crippen molar-refractivity contribution in [1.29, 1.82) is 0 Å². The van der Waals surface area contributed by atoms with Crippen molar-refractivity contribution in [2.24, 2.45) is 0 Å². The van der Waals surface area contributed by atoms with E-state index in [9.17, 15) is 18.0 Å². The highest BCUT2D eigenvalue weighted by atomic mass is 32.2. The Labute approximate surface area is 155 Å². The second-order valence-electron chi connectivity index (χ2n) is 5.55. The predicted octanol–water partition coefficient (Wildman–Crippen LogP) is 1.66. The summed E-state index contributed by atoms with van der Waals surface area (Å²) < 4.78 is 36.5. The SMILES string of the molecule is CCOC(=O)c1ccc(S(=O)(=O)N2CCN(C(=O)c3ccsc3)CC2)o1. The van der Waals surface area contributed by atoms with Crippen LogP contribution in [-0.2, 0) is 14.8 Å². The molecule has 26 heavy (non-hydrogen) atoms. The average Bonchev–Trinajstić information content (AvgIpc) is 3.33. The molecule has 140 valence electrons. The van der Waals surface area contributed by atoms with Gasteiger partial charge in [0.2, 0.25) is 10.9 Å². The zero-order valence-electron chi connectivity index (χ0n) is 14.1. The first-order chi connectivity index (χ1) is 12.4. The van der Waals surface area contributed by atoms with Crippen LogP contribution in [0.1, 0.15) is 27.8 Å². The number of amides is 1. The van der Waals surface area contributed by atoms with Gasteiger partial charge in [-0.05, 0) is 30.5 Å². The van der Waals surface area contributed by atoms with E-state index in [-0.39, 0.29) is 36.5 Å². The van der Waals surface area contributed by atoms with Crippen molar-refractivity contribution in [3.63, 3.8) is 0 Å². The number of hydrogen-bond donors (Lipinski definition) is 0. The first-order valence-electron chi connectivity index (χ1n) is 8.02. The maximum atomic E-state index is 12.7. The van der Waals surface area contributed by atoms with E-state index in [0.717, 1.165) is 0 Å². The van der Waals surface area contributed by atoms with Crippen molar-refractivity contribution in [2.45, 2.75) is 12.0 Å². The minimum atomic E-state index is -3.87. The Hall–Kier alpha value is -2.17. The number of nitrogens with zero attached hydrogens (tertiary/aromatic N) is 2. The molecule has 0 spiro atoms. The summed E-state index contributed by atoms with van der Waals surface area (Å²) in [5.41, 5.74) is 0.608. The molecule has 2 aromatic rings. The molecule has 1 aliphatic heterocycles. The second-order valence-corrected chi connectivity index (χ2v) is 8.20. The third-order valence-electron chi connectivity index (χ3n) is 3.95. The Morgan fingerprint density at radius 3 is 2.54 bits per heavy atom. The van der Waals surface area contributed by atoms with Crippen LogP contribution in [0.5, 0.6) is 0 Å². The Bertz CT molecular complexity index is 880. The minimum absolute atomic E-state index is 0.106. The van der Waals surface area contributed by atoms with E-state index in [1.165, 1.54) is 27.8 Å². The van der Waals surface area contributed by atoms with Gasteiger partial charge in [-0.25, -0.2) is 13.2 Å². The lowest BCUT2D eigenvalue weighted by atomic mass is 10.2. The maximum Gasteiger partial charge on any atom is 0.374 e. The Kier molecular flexibility index (Phi) is 5.44. The molecule has 0 atom stereocenters. The van der Waals surface area contributed by atoms with Crippen molar-refractivity contribution in [2.75, 3.05) is 32.8 Å². The summed E-state index contributed by atoms with van der Waals surface area (Å²) in [6.45, 7) is 2.72. The summed E-state index contributed by atoms with van der Waals surface area (Å²) >= 11 is 1.44. The lowest BCUT2D eigenvalue weighted by Gasteiger charge is -2.33. The first kappa shape index (κ1) is 18.6. The van der Waals surface area contributed by atoms with Crippen LogP contribution in [0.4, 0.5) is 0 Å². The molecule has 3 rings (SSSR count). The van der Waals surface area contributed by atoms with Crippen LogP contribution in [0.15, 0.2) is 38.5 Å². The highest BCUT2D eigenvalue weighted by Crippen LogP contribution is 2.21. The fourth-order valence-electron chi connectivity index (χ4n) is 2.60. The maximum absolute atomic E-state index is 12.7. The molecule has 0 saturated carbocycles. The number of carbonyl (C=O) groups excluding carboxylic acids is 2. The van der Waals surface area contributed by atoms with Gasteiger partial charge in [-0.15, -0.1) is 0 Å². The van der Waals surface area contributed by atoms with Gasteiger partial charge in [0.15, 0.2) is 0 Å². The third kappa shape index (κ3) is 3.67. The lowest BCUT2D eigenvalue weighted by Crippen LogP contribution is -2.50. The van der Waals surface area contributed by atoms with Gasteiger partial charge < -0.3 is 14.1 Å². The smallest absolute Gasteiger partial charge is 0.374 e. The molecule has 3 heterocycles. The molecule has 0 N–H and O–H groups in total. The topological polar surface area (TPSA) is 97.1 Å². The van der Waals surface area contributed by atoms with Crippen LogP contribution in [0, 0.1) is 0 Å². The van der Waals surface area contributed by atoms with Crippen molar-refractivity contribution in [3.8, 4) is 0 Å². The van der Waals surface area contributed by atoms with E-state index >= 15 is 0 Å². The van der Waals surface area contributed by atoms with Gasteiger partial charge in [0.05, 0.1) is 12.2 Å². The quantitative estimate of drug-likeness (QED) is 0.711. The molecule has 0 aliphatic carbocycles. The molecule has 10 heteroatoms. The normalized spacial score (nSPS) is 15.8. The van der Waals surface area contributed by atoms with E-state index in [4.69, 9.17) is 9.15 Å². The summed E-state index contributed by atoms with van der Waals surface area (Å²) in [5, 5.41) is 3.29. The van der Waals surface area contributed by atoms with Crippen molar-refractivity contribution >= 4 is 33.2 Å². The number of thiophene rings is 1. The molecule has 0 aromatic carbocycles. The molecule has 0 bridgehead atoms. The molecule has 1 saturated heterocycles. The molecule has 0 radical (unpaired) electrons. The number of ether oxygens (including phenoxy) is 1. The van der Waals surface area contributed by atoms with Gasteiger partial charge in [-0.3, -0.25) is 4.79 Å². The van der Waals surface area contributed by atoms with Gasteiger partial charge in [0, 0.05) is 31.6 Å². The largest absolute Gasteiger partial charge is 0.460 e. The van der Waals surface area contributed by atoms with Crippen molar-refractivity contribution in [3.05, 3.63) is 40.3 Å². The summed E-state index contributed by atoms with van der Waals surface area (Å²) in [7, 11) is -3.87. The first-order valence-corrected chi connectivity index (χ1v) is 10.4. The van der Waals surface area contributed by atoms with E-state index < -0.39 is 16.0 Å². The third-order valence-corrected chi connectivity index (χ3v) is 6.40. The van der Waals surface area contributed by atoms with E-state index in [1.807, 2.05) is 5.38 Å². The van der Waals surface area contributed by atoms with Crippen LogP contribution >= 0.6 is 11.3 Å². The van der Waals surface area contributed by atoms with Gasteiger partial charge >= 0.3 is 5.97 Å². The van der Waals surface area contributed by atoms with Crippen LogP contribution in [0.25, 0.3) is 0 Å². The predicted molar refractivity (Wildman–Crippen MR) is 93.6 cm³/mol. The summed E-state index contributed by atoms with van der Waals surface area (Å²) in [4.78, 5) is 25.6. The Morgan fingerprint density at radius 2 is 1.92 bits per heavy atom. The number of piperazine rings is 1. The molecule has 0 unspecified atom stereocenters. The van der Waals surface area contributed by atoms with Gasteiger partial charge in [0.25, 0.3) is 15.9 Å². The zero-order valence-corrected chi connectivity index (χ0v) is 15.7. The highest BCUT2D eigenvalue weighted by molar-refractivity contribution is 7.89. The van der Waals surface area contributed by atoms with Crippen LogP contribution in [0.3, 0.4) is 0 Å². The minimum Gasteiger partial charge on any atom is -0.460 e. The van der Waals surface area contributed by atoms with Crippen LogP contribution in [0.2, 0.25) is 0 Å².